The molecular weight excluding hydrogens is 568 g/mol. The molecule has 0 unspecified atom stereocenters. The van der Waals surface area contributed by atoms with Crippen molar-refractivity contribution >= 4 is 49.4 Å². The number of urea groups is 1. The van der Waals surface area contributed by atoms with Crippen LogP contribution in [0, 0.1) is 13.8 Å². The summed E-state index contributed by atoms with van der Waals surface area (Å²) in [6, 6.07) is 9.00. The van der Waals surface area contributed by atoms with Crippen LogP contribution in [0.1, 0.15) is 28.4 Å². The number of hydrogen-bond acceptors (Lipinski definition) is 12. The zero-order chi connectivity index (χ0) is 30.7. The molecule has 0 aliphatic rings. The average molecular weight is 601 g/mol. The van der Waals surface area contributed by atoms with Crippen molar-refractivity contribution in [1.82, 2.24) is 15.6 Å². The van der Waals surface area contributed by atoms with Crippen molar-refractivity contribution in [2.24, 2.45) is 11.6 Å². The molecule has 0 bridgehead atoms. The lowest BCUT2D eigenvalue weighted by Crippen LogP contribution is -2.34. The van der Waals surface area contributed by atoms with Crippen molar-refractivity contribution in [2.75, 3.05) is 34.3 Å². The van der Waals surface area contributed by atoms with Gasteiger partial charge in [0.2, 0.25) is 25.9 Å². The number of nitrogens with one attached hydrogen (secondary N) is 3. The predicted molar refractivity (Wildman–Crippen MR) is 150 cm³/mol. The third kappa shape index (κ3) is 12.4. The fraction of sp³-hybridized carbons (Fsp3) is 0.273. The maximum absolute atomic E-state index is 11.6. The molecule has 3 rings (SSSR count). The van der Waals surface area contributed by atoms with Crippen molar-refractivity contribution in [1.29, 1.82) is 0 Å². The fourth-order valence-corrected chi connectivity index (χ4v) is 3.91. The number of hydrogen-bond donors (Lipinski definition) is 6. The molecule has 40 heavy (non-hydrogen) atoms. The minimum atomic E-state index is -3.35. The number of anilines is 3. The SMILES string of the molecule is CCOC(=O)c1cc(NS(C)(=O)=O)ccc1C.Cc1ccc(NS(C)(=O)=O)cc1-c1nnc(N)o1.NNC(N)=O. The molecule has 0 aliphatic carbocycles. The average Bonchev–Trinajstić information content (AvgIpc) is 3.26. The molecule has 0 spiro atoms. The molecule has 0 saturated heterocycles. The summed E-state index contributed by atoms with van der Waals surface area (Å²) in [6.07, 6.45) is 2.13. The Morgan fingerprint density at radius 2 is 1.43 bits per heavy atom. The van der Waals surface area contributed by atoms with Gasteiger partial charge < -0.3 is 20.6 Å². The summed E-state index contributed by atoms with van der Waals surface area (Å²) in [5.74, 6) is 4.24. The maximum atomic E-state index is 11.6. The second kappa shape index (κ2) is 14.7. The van der Waals surface area contributed by atoms with Gasteiger partial charge in [-0.25, -0.2) is 32.3 Å². The third-order valence-electron chi connectivity index (χ3n) is 4.39. The first-order valence-electron chi connectivity index (χ1n) is 11.1. The molecule has 0 radical (unpaired) electrons. The lowest BCUT2D eigenvalue weighted by atomic mass is 10.1. The third-order valence-corrected chi connectivity index (χ3v) is 5.60. The first kappa shape index (κ1) is 33.6. The zero-order valence-electron chi connectivity index (χ0n) is 22.4. The molecule has 0 aliphatic heterocycles. The van der Waals surface area contributed by atoms with E-state index >= 15 is 0 Å². The van der Waals surface area contributed by atoms with Crippen LogP contribution in [0.4, 0.5) is 22.2 Å². The van der Waals surface area contributed by atoms with Crippen molar-refractivity contribution in [3.05, 3.63) is 53.1 Å². The molecule has 2 aromatic carbocycles. The Morgan fingerprint density at radius 1 is 0.925 bits per heavy atom. The minimum Gasteiger partial charge on any atom is -0.462 e. The topological polar surface area (TPSA) is 265 Å². The summed E-state index contributed by atoms with van der Waals surface area (Å²) in [5, 5.41) is 7.33. The second-order valence-electron chi connectivity index (χ2n) is 7.98. The number of nitrogens with zero attached hydrogens (tertiary/aromatic N) is 2. The lowest BCUT2D eigenvalue weighted by molar-refractivity contribution is 0.0525. The lowest BCUT2D eigenvalue weighted by Gasteiger charge is -2.09. The smallest absolute Gasteiger partial charge is 0.338 e. The summed E-state index contributed by atoms with van der Waals surface area (Å²) in [7, 11) is -6.67. The number of aromatic nitrogens is 2. The van der Waals surface area contributed by atoms with Gasteiger partial charge in [0.15, 0.2) is 0 Å². The molecule has 0 saturated carbocycles. The zero-order valence-corrected chi connectivity index (χ0v) is 24.0. The highest BCUT2D eigenvalue weighted by atomic mass is 32.2. The van der Waals surface area contributed by atoms with Crippen LogP contribution in [0.25, 0.3) is 11.5 Å². The molecule has 16 nitrogen and oxygen atoms in total. The van der Waals surface area contributed by atoms with Gasteiger partial charge in [0.25, 0.3) is 0 Å². The Hall–Kier alpha value is -4.42. The van der Waals surface area contributed by atoms with Gasteiger partial charge in [-0.3, -0.25) is 14.9 Å². The number of sulfonamides is 2. The van der Waals surface area contributed by atoms with Gasteiger partial charge in [0, 0.05) is 16.9 Å². The Morgan fingerprint density at radius 3 is 1.85 bits per heavy atom. The number of primary amides is 1. The maximum Gasteiger partial charge on any atom is 0.338 e. The quantitative estimate of drug-likeness (QED) is 0.0962. The highest BCUT2D eigenvalue weighted by Gasteiger charge is 2.13. The Kier molecular flexibility index (Phi) is 12.3. The van der Waals surface area contributed by atoms with Crippen LogP contribution in [-0.4, -0.2) is 58.2 Å². The molecular formula is C22H32N8O8S2. The molecule has 9 N–H and O–H groups in total. The van der Waals surface area contributed by atoms with E-state index in [4.69, 9.17) is 14.9 Å². The van der Waals surface area contributed by atoms with Crippen LogP contribution in [0.5, 0.6) is 0 Å². The van der Waals surface area contributed by atoms with E-state index in [1.165, 1.54) is 6.07 Å². The van der Waals surface area contributed by atoms with Crippen LogP contribution < -0.4 is 32.2 Å². The minimum absolute atomic E-state index is 0.0362. The van der Waals surface area contributed by atoms with Crippen molar-refractivity contribution in [3.63, 3.8) is 0 Å². The van der Waals surface area contributed by atoms with Gasteiger partial charge in [-0.05, 0) is 56.2 Å². The number of nitrogen functional groups attached to an aromatic ring is 1. The van der Waals surface area contributed by atoms with E-state index in [9.17, 15) is 26.4 Å². The van der Waals surface area contributed by atoms with Crippen LogP contribution in [0.15, 0.2) is 40.8 Å². The van der Waals surface area contributed by atoms with Gasteiger partial charge in [-0.1, -0.05) is 17.2 Å². The molecule has 0 fully saturated rings. The van der Waals surface area contributed by atoms with Crippen LogP contribution >= 0.6 is 0 Å². The number of carbonyl (C=O) groups is 2. The number of hydrazine groups is 1. The van der Waals surface area contributed by atoms with Crippen LogP contribution in [-0.2, 0) is 24.8 Å². The van der Waals surface area contributed by atoms with E-state index in [1.807, 2.05) is 6.92 Å². The number of benzene rings is 2. The van der Waals surface area contributed by atoms with Gasteiger partial charge in [-0.2, -0.15) is 0 Å². The summed E-state index contributed by atoms with van der Waals surface area (Å²) < 4.78 is 59.1. The van der Waals surface area contributed by atoms with Gasteiger partial charge in [0.1, 0.15) is 0 Å². The number of nitrogens with two attached hydrogens (primary N) is 3. The molecule has 18 heteroatoms. The van der Waals surface area contributed by atoms with Gasteiger partial charge in [-0.15, -0.1) is 5.10 Å². The standard InChI is InChI=1S/C11H15NO4S.C10H12N4O3S.CH5N3O/c1-4-16-11(13)10-7-9(6-5-8(10)2)12-17(3,14)15;1-6-3-4-7(14-18(2,15)16)5-8(6)9-12-13-10(11)17-9;2-1(5)4-3/h5-7,12H,4H2,1-3H3;3-5,14H,1-2H3,(H2,11,13);3H2,(H3,2,4,5). The highest BCUT2D eigenvalue weighted by Crippen LogP contribution is 2.26. The van der Waals surface area contributed by atoms with Crippen LogP contribution in [0.3, 0.4) is 0 Å². The molecule has 1 aromatic heterocycles. The highest BCUT2D eigenvalue weighted by molar-refractivity contribution is 7.92. The van der Waals surface area contributed by atoms with Gasteiger partial charge in [0.05, 0.1) is 24.7 Å². The molecule has 220 valence electrons. The summed E-state index contributed by atoms with van der Waals surface area (Å²) in [5.41, 5.74) is 14.8. The molecule has 1 heterocycles. The molecule has 3 aromatic rings. The van der Waals surface area contributed by atoms with Crippen LogP contribution in [0.2, 0.25) is 0 Å². The van der Waals surface area contributed by atoms with E-state index in [-0.39, 0.29) is 18.5 Å². The number of esters is 1. The van der Waals surface area contributed by atoms with Crippen molar-refractivity contribution < 1.29 is 35.6 Å². The molecule has 0 atom stereocenters. The monoisotopic (exact) mass is 600 g/mol. The fourth-order valence-electron chi connectivity index (χ4n) is 2.80. The summed E-state index contributed by atoms with van der Waals surface area (Å²) in [6.45, 7) is 5.60. The second-order valence-corrected chi connectivity index (χ2v) is 11.5. The number of aryl methyl sites for hydroxylation is 2. The van der Waals surface area contributed by atoms with E-state index < -0.39 is 32.0 Å². The number of carbonyl (C=O) groups excluding carboxylic acids is 2. The van der Waals surface area contributed by atoms with E-state index in [2.05, 4.69) is 31.2 Å². The number of ether oxygens (including phenoxy) is 1. The summed E-state index contributed by atoms with van der Waals surface area (Å²) in [4.78, 5) is 20.9. The number of amides is 2. The largest absolute Gasteiger partial charge is 0.462 e. The normalized spacial score (nSPS) is 10.7. The first-order chi connectivity index (χ1) is 18.5. The van der Waals surface area contributed by atoms with E-state index in [0.29, 0.717) is 22.5 Å². The Balaban J connectivity index is 0.000000343. The summed E-state index contributed by atoms with van der Waals surface area (Å²) >= 11 is 0. The first-order valence-corrected chi connectivity index (χ1v) is 14.9. The Bertz CT molecular complexity index is 1540. The molecule has 2 amide bonds. The number of rotatable bonds is 7. The Labute approximate surface area is 231 Å². The van der Waals surface area contributed by atoms with Crippen molar-refractivity contribution in [2.45, 2.75) is 20.8 Å². The van der Waals surface area contributed by atoms with E-state index in [0.717, 1.165) is 23.6 Å². The predicted octanol–water partition coefficient (Wildman–Crippen LogP) is 1.07. The van der Waals surface area contributed by atoms with E-state index in [1.54, 1.807) is 49.6 Å². The van der Waals surface area contributed by atoms with Crippen molar-refractivity contribution in [3.8, 4) is 11.5 Å². The van der Waals surface area contributed by atoms with Gasteiger partial charge >= 0.3 is 18.0 Å².